The first-order valence-corrected chi connectivity index (χ1v) is 8.63. The highest BCUT2D eigenvalue weighted by Gasteiger charge is 2.33. The van der Waals surface area contributed by atoms with Crippen LogP contribution in [0.5, 0.6) is 0 Å². The fourth-order valence-corrected chi connectivity index (χ4v) is 3.12. The number of anilines is 2. The highest BCUT2D eigenvalue weighted by Crippen LogP contribution is 2.34. The summed E-state index contributed by atoms with van der Waals surface area (Å²) in [4.78, 5) is 16.3. The van der Waals surface area contributed by atoms with Crippen LogP contribution < -0.4 is 10.6 Å². The molecule has 1 aromatic heterocycles. The number of benzene rings is 1. The van der Waals surface area contributed by atoms with Crippen LogP contribution in [0, 0.1) is 0 Å². The maximum absolute atomic E-state index is 13.0. The number of nitrogens with zero attached hydrogens (tertiary/aromatic N) is 1. The molecule has 4 nitrogen and oxygen atoms in total. The zero-order valence-corrected chi connectivity index (χ0v) is 14.1. The lowest BCUT2D eigenvalue weighted by Crippen LogP contribution is -2.22. The van der Waals surface area contributed by atoms with E-state index in [-0.39, 0.29) is 11.4 Å². The summed E-state index contributed by atoms with van der Waals surface area (Å²) < 4.78 is 39.0. The Kier molecular flexibility index (Phi) is 5.44. The third-order valence-corrected chi connectivity index (χ3v) is 4.45. The fourth-order valence-electron chi connectivity index (χ4n) is 3.12. The van der Waals surface area contributed by atoms with Crippen LogP contribution in [0.1, 0.15) is 48.2 Å². The molecule has 7 heteroatoms. The molecule has 0 atom stereocenters. The Labute approximate surface area is 149 Å². The lowest BCUT2D eigenvalue weighted by molar-refractivity contribution is -0.136. The number of alkyl halides is 3. The van der Waals surface area contributed by atoms with E-state index < -0.39 is 17.6 Å². The van der Waals surface area contributed by atoms with Crippen LogP contribution in [0.2, 0.25) is 0 Å². The fraction of sp³-hybridized carbons (Fsp3) is 0.368. The minimum Gasteiger partial charge on any atom is -0.381 e. The first-order chi connectivity index (χ1) is 12.4. The van der Waals surface area contributed by atoms with E-state index in [1.807, 2.05) is 0 Å². The maximum atomic E-state index is 13.0. The molecule has 2 N–H and O–H groups in total. The van der Waals surface area contributed by atoms with Crippen molar-refractivity contribution in [2.24, 2.45) is 0 Å². The molecule has 0 saturated heterocycles. The number of nitrogens with one attached hydrogen (secondary N) is 2. The summed E-state index contributed by atoms with van der Waals surface area (Å²) in [5, 5.41) is 5.68. The minimum absolute atomic E-state index is 0.0659. The number of carbonyl (C=O) groups is 1. The predicted molar refractivity (Wildman–Crippen MR) is 94.1 cm³/mol. The van der Waals surface area contributed by atoms with Crippen molar-refractivity contribution in [3.8, 4) is 0 Å². The van der Waals surface area contributed by atoms with Gasteiger partial charge in [0, 0.05) is 6.04 Å². The Hall–Kier alpha value is -2.57. The average Bonchev–Trinajstić information content (AvgIpc) is 2.63. The summed E-state index contributed by atoms with van der Waals surface area (Å²) in [5.74, 6) is -0.675. The van der Waals surface area contributed by atoms with Crippen molar-refractivity contribution < 1.29 is 18.0 Å². The molecule has 1 aliphatic rings. The van der Waals surface area contributed by atoms with Gasteiger partial charge in [0.05, 0.1) is 23.1 Å². The first-order valence-electron chi connectivity index (χ1n) is 8.63. The van der Waals surface area contributed by atoms with Crippen LogP contribution in [0.3, 0.4) is 0 Å². The van der Waals surface area contributed by atoms with Crippen LogP contribution in [0.15, 0.2) is 42.6 Å². The molecule has 0 radical (unpaired) electrons. The molecule has 2 aromatic rings. The van der Waals surface area contributed by atoms with Gasteiger partial charge in [-0.15, -0.1) is 0 Å². The van der Waals surface area contributed by atoms with Gasteiger partial charge in [0.25, 0.3) is 5.91 Å². The highest BCUT2D eigenvalue weighted by atomic mass is 19.4. The Morgan fingerprint density at radius 3 is 2.42 bits per heavy atom. The molecule has 0 bridgehead atoms. The molecule has 1 heterocycles. The van der Waals surface area contributed by atoms with Crippen LogP contribution in [0.4, 0.5) is 24.5 Å². The Bertz CT molecular complexity index is 753. The number of aromatic nitrogens is 1. The molecule has 138 valence electrons. The molecule has 1 fully saturated rings. The zero-order chi connectivity index (χ0) is 18.6. The average molecular weight is 363 g/mol. The van der Waals surface area contributed by atoms with Gasteiger partial charge in [-0.1, -0.05) is 31.4 Å². The van der Waals surface area contributed by atoms with Crippen LogP contribution in [0.25, 0.3) is 0 Å². The first kappa shape index (κ1) is 18.2. The van der Waals surface area contributed by atoms with Gasteiger partial charge in [-0.3, -0.25) is 4.79 Å². The van der Waals surface area contributed by atoms with E-state index >= 15 is 0 Å². The van der Waals surface area contributed by atoms with Gasteiger partial charge in [-0.2, -0.15) is 13.2 Å². The van der Waals surface area contributed by atoms with Crippen molar-refractivity contribution in [3.05, 3.63) is 53.9 Å². The number of carbonyl (C=O) groups excluding carboxylic acids is 1. The Balaban J connectivity index is 1.67. The number of rotatable bonds is 4. The molecular weight excluding hydrogens is 343 g/mol. The van der Waals surface area contributed by atoms with E-state index in [2.05, 4.69) is 15.6 Å². The lowest BCUT2D eigenvalue weighted by atomic mass is 9.95. The van der Waals surface area contributed by atoms with Gasteiger partial charge in [0.2, 0.25) is 0 Å². The number of para-hydroxylation sites is 1. The van der Waals surface area contributed by atoms with Crippen LogP contribution >= 0.6 is 0 Å². The van der Waals surface area contributed by atoms with Crippen molar-refractivity contribution in [2.75, 3.05) is 10.6 Å². The lowest BCUT2D eigenvalue weighted by Gasteiger charge is -2.23. The summed E-state index contributed by atoms with van der Waals surface area (Å²) in [5.41, 5.74) is -0.291. The third-order valence-electron chi connectivity index (χ3n) is 4.45. The SMILES string of the molecule is O=C(Nc1ccccc1C(F)(F)F)c1ccc(NC2CCCCC2)cn1. The molecule has 26 heavy (non-hydrogen) atoms. The topological polar surface area (TPSA) is 54.0 Å². The summed E-state index contributed by atoms with van der Waals surface area (Å²) in [6.45, 7) is 0. The Morgan fingerprint density at radius 1 is 1.04 bits per heavy atom. The number of halogens is 3. The molecule has 0 unspecified atom stereocenters. The molecule has 1 saturated carbocycles. The van der Waals surface area contributed by atoms with Gasteiger partial charge in [-0.05, 0) is 37.1 Å². The monoisotopic (exact) mass is 363 g/mol. The second-order valence-electron chi connectivity index (χ2n) is 6.41. The minimum atomic E-state index is -4.54. The van der Waals surface area contributed by atoms with E-state index in [9.17, 15) is 18.0 Å². The van der Waals surface area contributed by atoms with Gasteiger partial charge >= 0.3 is 6.18 Å². The van der Waals surface area contributed by atoms with Crippen molar-refractivity contribution in [1.29, 1.82) is 0 Å². The highest BCUT2D eigenvalue weighted by molar-refractivity contribution is 6.03. The smallest absolute Gasteiger partial charge is 0.381 e. The van der Waals surface area contributed by atoms with Gasteiger partial charge in [-0.25, -0.2) is 4.98 Å². The van der Waals surface area contributed by atoms with E-state index in [0.717, 1.165) is 24.6 Å². The van der Waals surface area contributed by atoms with E-state index in [4.69, 9.17) is 0 Å². The maximum Gasteiger partial charge on any atom is 0.418 e. The molecule has 3 rings (SSSR count). The van der Waals surface area contributed by atoms with Crippen molar-refractivity contribution in [3.63, 3.8) is 0 Å². The second-order valence-corrected chi connectivity index (χ2v) is 6.41. The van der Waals surface area contributed by atoms with Crippen molar-refractivity contribution in [2.45, 2.75) is 44.3 Å². The molecular formula is C19H20F3N3O. The molecule has 0 spiro atoms. The quantitative estimate of drug-likeness (QED) is 0.795. The summed E-state index contributed by atoms with van der Waals surface area (Å²) >= 11 is 0. The summed E-state index contributed by atoms with van der Waals surface area (Å²) in [6, 6.07) is 8.52. The third kappa shape index (κ3) is 4.53. The van der Waals surface area contributed by atoms with Crippen LogP contribution in [-0.4, -0.2) is 16.9 Å². The normalized spacial score (nSPS) is 15.5. The zero-order valence-electron chi connectivity index (χ0n) is 14.1. The molecule has 1 amide bonds. The predicted octanol–water partition coefficient (Wildman–Crippen LogP) is 5.10. The number of amides is 1. The van der Waals surface area contributed by atoms with Gasteiger partial charge in [0.1, 0.15) is 5.69 Å². The standard InChI is InChI=1S/C19H20F3N3O/c20-19(21,22)15-8-4-5-9-16(15)25-18(26)17-11-10-14(12-23-17)24-13-6-2-1-3-7-13/h4-5,8-13,24H,1-3,6-7H2,(H,25,26). The van der Waals surface area contributed by atoms with Crippen molar-refractivity contribution >= 4 is 17.3 Å². The second kappa shape index (κ2) is 7.76. The van der Waals surface area contributed by atoms with Crippen LogP contribution in [-0.2, 0) is 6.18 Å². The largest absolute Gasteiger partial charge is 0.418 e. The summed E-state index contributed by atoms with van der Waals surface area (Å²) in [6.07, 6.45) is 2.88. The number of pyridine rings is 1. The number of hydrogen-bond acceptors (Lipinski definition) is 3. The van der Waals surface area contributed by atoms with E-state index in [1.54, 1.807) is 12.3 Å². The summed E-state index contributed by atoms with van der Waals surface area (Å²) in [7, 11) is 0. The van der Waals surface area contributed by atoms with E-state index in [1.165, 1.54) is 43.5 Å². The van der Waals surface area contributed by atoms with Gasteiger partial charge < -0.3 is 10.6 Å². The van der Waals surface area contributed by atoms with Crippen molar-refractivity contribution in [1.82, 2.24) is 4.98 Å². The number of hydrogen-bond donors (Lipinski definition) is 2. The molecule has 1 aromatic carbocycles. The molecule has 1 aliphatic carbocycles. The van der Waals surface area contributed by atoms with Gasteiger partial charge in [0.15, 0.2) is 0 Å². The molecule has 0 aliphatic heterocycles. The van der Waals surface area contributed by atoms with E-state index in [0.29, 0.717) is 6.04 Å². The Morgan fingerprint density at radius 2 is 1.77 bits per heavy atom.